The normalized spacial score (nSPS) is 18.6. The van der Waals surface area contributed by atoms with Crippen molar-refractivity contribution in [2.45, 2.75) is 6.92 Å². The quantitative estimate of drug-likeness (QED) is 0.600. The minimum atomic E-state index is -0.103. The molecule has 0 aromatic carbocycles. The molecule has 0 spiro atoms. The number of hydrogen-bond donors (Lipinski definition) is 0. The van der Waals surface area contributed by atoms with Crippen LogP contribution in [0.1, 0.15) is 6.92 Å². The number of piperazine rings is 1. The van der Waals surface area contributed by atoms with Crippen molar-refractivity contribution in [1.82, 2.24) is 14.7 Å². The highest BCUT2D eigenvalue weighted by Gasteiger charge is 2.18. The van der Waals surface area contributed by atoms with Gasteiger partial charge in [-0.1, -0.05) is 0 Å². The molecule has 1 aliphatic rings. The van der Waals surface area contributed by atoms with E-state index in [0.29, 0.717) is 13.2 Å². The minimum Gasteiger partial charge on any atom is -0.465 e. The summed E-state index contributed by atoms with van der Waals surface area (Å²) in [5.74, 6) is -0.103. The Balaban J connectivity index is 2.15. The van der Waals surface area contributed by atoms with Crippen molar-refractivity contribution < 1.29 is 9.53 Å². The van der Waals surface area contributed by atoms with Gasteiger partial charge in [-0.3, -0.25) is 14.6 Å². The Morgan fingerprint density at radius 1 is 1.18 bits per heavy atom. The molecule has 5 heteroatoms. The summed E-state index contributed by atoms with van der Waals surface area (Å²) in [6.45, 7) is 8.99. The van der Waals surface area contributed by atoms with E-state index in [0.717, 1.165) is 39.3 Å². The van der Waals surface area contributed by atoms with Gasteiger partial charge in [0.2, 0.25) is 0 Å². The topological polar surface area (TPSA) is 36.0 Å². The first kappa shape index (κ1) is 14.4. The molecule has 1 rings (SSSR count). The van der Waals surface area contributed by atoms with Crippen LogP contribution in [0.3, 0.4) is 0 Å². The summed E-state index contributed by atoms with van der Waals surface area (Å²) in [6, 6.07) is 0. The zero-order valence-electron chi connectivity index (χ0n) is 11.3. The van der Waals surface area contributed by atoms with Crippen molar-refractivity contribution >= 4 is 5.97 Å². The fourth-order valence-electron chi connectivity index (χ4n) is 1.90. The Kier molecular flexibility index (Phi) is 6.47. The minimum absolute atomic E-state index is 0.103. The van der Waals surface area contributed by atoms with Gasteiger partial charge in [-0.25, -0.2) is 0 Å². The first-order valence-electron chi connectivity index (χ1n) is 6.37. The van der Waals surface area contributed by atoms with Gasteiger partial charge >= 0.3 is 5.97 Å². The fourth-order valence-corrected chi connectivity index (χ4v) is 1.90. The first-order valence-corrected chi connectivity index (χ1v) is 6.37. The molecule has 0 N–H and O–H groups in total. The fraction of sp³-hybridized carbons (Fsp3) is 0.917. The smallest absolute Gasteiger partial charge is 0.320 e. The van der Waals surface area contributed by atoms with Crippen LogP contribution >= 0.6 is 0 Å². The number of nitrogens with zero attached hydrogens (tertiary/aromatic N) is 3. The number of carbonyl (C=O) groups excluding carboxylic acids is 1. The molecule has 0 radical (unpaired) electrons. The molecule has 100 valence electrons. The van der Waals surface area contributed by atoms with Gasteiger partial charge in [-0.2, -0.15) is 0 Å². The standard InChI is InChI=1S/C12H25N3O2/c1-4-17-12(16)11-15-9-7-14(8-10-15)6-5-13(2)3/h4-11H2,1-3H3. The molecule has 5 nitrogen and oxygen atoms in total. The Morgan fingerprint density at radius 3 is 2.29 bits per heavy atom. The number of ether oxygens (including phenoxy) is 1. The molecule has 1 aliphatic heterocycles. The summed E-state index contributed by atoms with van der Waals surface area (Å²) in [7, 11) is 4.19. The van der Waals surface area contributed by atoms with E-state index in [1.165, 1.54) is 0 Å². The highest BCUT2D eigenvalue weighted by molar-refractivity contribution is 5.71. The van der Waals surface area contributed by atoms with Crippen LogP contribution in [0.2, 0.25) is 0 Å². The molecule has 0 aliphatic carbocycles. The average Bonchev–Trinajstić information content (AvgIpc) is 2.28. The molecule has 0 bridgehead atoms. The van der Waals surface area contributed by atoms with E-state index in [1.807, 2.05) is 6.92 Å². The Bertz CT molecular complexity index is 226. The van der Waals surface area contributed by atoms with Gasteiger partial charge in [-0.05, 0) is 21.0 Å². The van der Waals surface area contributed by atoms with Crippen LogP contribution in [0.15, 0.2) is 0 Å². The van der Waals surface area contributed by atoms with Gasteiger partial charge in [0, 0.05) is 39.3 Å². The highest BCUT2D eigenvalue weighted by atomic mass is 16.5. The number of rotatable bonds is 6. The van der Waals surface area contributed by atoms with Gasteiger partial charge in [0.05, 0.1) is 13.2 Å². The van der Waals surface area contributed by atoms with Gasteiger partial charge in [0.1, 0.15) is 0 Å². The van der Waals surface area contributed by atoms with E-state index in [-0.39, 0.29) is 5.97 Å². The van der Waals surface area contributed by atoms with Crippen molar-refractivity contribution in [2.75, 3.05) is 66.5 Å². The summed E-state index contributed by atoms with van der Waals surface area (Å²) >= 11 is 0. The molecule has 1 heterocycles. The molecule has 0 amide bonds. The van der Waals surface area contributed by atoms with Crippen molar-refractivity contribution in [3.8, 4) is 0 Å². The lowest BCUT2D eigenvalue weighted by Crippen LogP contribution is -2.49. The van der Waals surface area contributed by atoms with Crippen LogP contribution in [-0.4, -0.2) is 87.2 Å². The molecule has 0 unspecified atom stereocenters. The lowest BCUT2D eigenvalue weighted by Gasteiger charge is -2.34. The number of hydrogen-bond acceptors (Lipinski definition) is 5. The third kappa shape index (κ3) is 6.00. The summed E-state index contributed by atoms with van der Waals surface area (Å²) in [4.78, 5) is 18.1. The maximum atomic E-state index is 11.3. The van der Waals surface area contributed by atoms with E-state index in [9.17, 15) is 4.79 Å². The van der Waals surface area contributed by atoms with Crippen LogP contribution in [-0.2, 0) is 9.53 Å². The first-order chi connectivity index (χ1) is 8.11. The third-order valence-corrected chi connectivity index (χ3v) is 2.99. The van der Waals surface area contributed by atoms with Crippen molar-refractivity contribution in [3.63, 3.8) is 0 Å². The molecule has 0 aromatic rings. The predicted octanol–water partition coefficient (Wildman–Crippen LogP) is -0.271. The van der Waals surface area contributed by atoms with Crippen molar-refractivity contribution in [1.29, 1.82) is 0 Å². The molecular weight excluding hydrogens is 218 g/mol. The van der Waals surface area contributed by atoms with Gasteiger partial charge < -0.3 is 9.64 Å². The summed E-state index contributed by atoms with van der Waals surface area (Å²) in [5.41, 5.74) is 0. The Labute approximate surface area is 104 Å². The number of likely N-dealkylation sites (N-methyl/N-ethyl adjacent to an activating group) is 1. The predicted molar refractivity (Wildman–Crippen MR) is 68.1 cm³/mol. The molecule has 0 saturated carbocycles. The van der Waals surface area contributed by atoms with Gasteiger partial charge in [0.25, 0.3) is 0 Å². The van der Waals surface area contributed by atoms with Crippen molar-refractivity contribution in [2.24, 2.45) is 0 Å². The molecular formula is C12H25N3O2. The second kappa shape index (κ2) is 7.63. The van der Waals surface area contributed by atoms with Gasteiger partial charge in [-0.15, -0.1) is 0 Å². The highest BCUT2D eigenvalue weighted by Crippen LogP contribution is 2.01. The monoisotopic (exact) mass is 243 g/mol. The molecule has 0 aromatic heterocycles. The Morgan fingerprint density at radius 2 is 1.76 bits per heavy atom. The van der Waals surface area contributed by atoms with Crippen LogP contribution in [0, 0.1) is 0 Å². The van der Waals surface area contributed by atoms with Crippen LogP contribution in [0.5, 0.6) is 0 Å². The summed E-state index contributed by atoms with van der Waals surface area (Å²) < 4.78 is 4.95. The number of carbonyl (C=O) groups is 1. The van der Waals surface area contributed by atoms with Crippen LogP contribution in [0.4, 0.5) is 0 Å². The SMILES string of the molecule is CCOC(=O)CN1CCN(CCN(C)C)CC1. The average molecular weight is 243 g/mol. The van der Waals surface area contributed by atoms with E-state index in [1.54, 1.807) is 0 Å². The summed E-state index contributed by atoms with van der Waals surface area (Å²) in [5, 5.41) is 0. The van der Waals surface area contributed by atoms with E-state index in [4.69, 9.17) is 4.74 Å². The van der Waals surface area contributed by atoms with E-state index in [2.05, 4.69) is 28.8 Å². The van der Waals surface area contributed by atoms with E-state index >= 15 is 0 Å². The zero-order chi connectivity index (χ0) is 12.7. The summed E-state index contributed by atoms with van der Waals surface area (Å²) in [6.07, 6.45) is 0. The molecule has 17 heavy (non-hydrogen) atoms. The molecule has 1 saturated heterocycles. The van der Waals surface area contributed by atoms with E-state index < -0.39 is 0 Å². The maximum absolute atomic E-state index is 11.3. The number of esters is 1. The lowest BCUT2D eigenvalue weighted by atomic mass is 10.3. The second-order valence-corrected chi connectivity index (χ2v) is 4.73. The molecule has 0 atom stereocenters. The third-order valence-electron chi connectivity index (χ3n) is 2.99. The lowest BCUT2D eigenvalue weighted by molar-refractivity contribution is -0.144. The molecule has 1 fully saturated rings. The maximum Gasteiger partial charge on any atom is 0.320 e. The van der Waals surface area contributed by atoms with Crippen molar-refractivity contribution in [3.05, 3.63) is 0 Å². The largest absolute Gasteiger partial charge is 0.465 e. The van der Waals surface area contributed by atoms with Crippen LogP contribution < -0.4 is 0 Å². The van der Waals surface area contributed by atoms with Gasteiger partial charge in [0.15, 0.2) is 0 Å². The second-order valence-electron chi connectivity index (χ2n) is 4.73. The Hall–Kier alpha value is -0.650. The van der Waals surface area contributed by atoms with Crippen LogP contribution in [0.25, 0.3) is 0 Å². The zero-order valence-corrected chi connectivity index (χ0v) is 11.3.